The lowest BCUT2D eigenvalue weighted by Gasteiger charge is -2.31. The van der Waals surface area contributed by atoms with Crippen molar-refractivity contribution in [3.8, 4) is 0 Å². The SMILES string of the molecule is O=C(N/N=C1\C[C@@H]2C=CC[C@H]12)c1ccc(Cl)c(Cl)c1. The summed E-state index contributed by atoms with van der Waals surface area (Å²) in [6.45, 7) is 0. The fourth-order valence-electron chi connectivity index (χ4n) is 2.49. The minimum absolute atomic E-state index is 0.263. The lowest BCUT2D eigenvalue weighted by molar-refractivity contribution is 0.0954. The zero-order valence-electron chi connectivity index (χ0n) is 10.1. The Hall–Kier alpha value is -1.32. The van der Waals surface area contributed by atoms with Crippen LogP contribution in [0, 0.1) is 11.8 Å². The maximum atomic E-state index is 11.9. The quantitative estimate of drug-likeness (QED) is 0.656. The molecule has 0 radical (unpaired) electrons. The predicted molar refractivity (Wildman–Crippen MR) is 76.7 cm³/mol. The molecule has 0 spiro atoms. The first kappa shape index (κ1) is 12.7. The van der Waals surface area contributed by atoms with Crippen molar-refractivity contribution in [2.75, 3.05) is 0 Å². The van der Waals surface area contributed by atoms with Crippen LogP contribution in [0.5, 0.6) is 0 Å². The van der Waals surface area contributed by atoms with Gasteiger partial charge in [-0.05, 0) is 37.0 Å². The number of hydrogen-bond donors (Lipinski definition) is 1. The molecule has 3 rings (SSSR count). The Morgan fingerprint density at radius 3 is 2.89 bits per heavy atom. The monoisotopic (exact) mass is 294 g/mol. The highest BCUT2D eigenvalue weighted by molar-refractivity contribution is 6.42. The molecule has 0 aliphatic heterocycles. The molecule has 0 heterocycles. The van der Waals surface area contributed by atoms with E-state index in [4.69, 9.17) is 23.2 Å². The van der Waals surface area contributed by atoms with E-state index < -0.39 is 0 Å². The van der Waals surface area contributed by atoms with Crippen molar-refractivity contribution in [2.45, 2.75) is 12.8 Å². The number of halogens is 2. The van der Waals surface area contributed by atoms with Gasteiger partial charge in [0, 0.05) is 17.2 Å². The molecule has 1 aromatic carbocycles. The van der Waals surface area contributed by atoms with Gasteiger partial charge in [0.25, 0.3) is 5.91 Å². The molecule has 2 aliphatic rings. The number of rotatable bonds is 2. The summed E-state index contributed by atoms with van der Waals surface area (Å²) in [6, 6.07) is 4.77. The number of nitrogens with one attached hydrogen (secondary N) is 1. The third kappa shape index (κ3) is 2.40. The van der Waals surface area contributed by atoms with Crippen molar-refractivity contribution in [2.24, 2.45) is 16.9 Å². The van der Waals surface area contributed by atoms with Crippen LogP contribution in [-0.4, -0.2) is 11.6 Å². The molecule has 0 bridgehead atoms. The van der Waals surface area contributed by atoms with Gasteiger partial charge < -0.3 is 0 Å². The van der Waals surface area contributed by atoms with Crippen LogP contribution in [0.1, 0.15) is 23.2 Å². The molecule has 3 nitrogen and oxygen atoms in total. The van der Waals surface area contributed by atoms with E-state index in [1.54, 1.807) is 18.2 Å². The molecule has 1 N–H and O–H groups in total. The number of carbonyl (C=O) groups is 1. The number of nitrogens with zero attached hydrogens (tertiary/aromatic N) is 1. The van der Waals surface area contributed by atoms with Crippen LogP contribution >= 0.6 is 23.2 Å². The zero-order chi connectivity index (χ0) is 13.4. The molecule has 2 atom stereocenters. The number of benzene rings is 1. The minimum atomic E-state index is -0.263. The van der Waals surface area contributed by atoms with Crippen LogP contribution in [0.3, 0.4) is 0 Å². The van der Waals surface area contributed by atoms with Crippen molar-refractivity contribution in [3.63, 3.8) is 0 Å². The number of hydrogen-bond acceptors (Lipinski definition) is 2. The fraction of sp³-hybridized carbons (Fsp3) is 0.286. The summed E-state index contributed by atoms with van der Waals surface area (Å²) >= 11 is 11.7. The maximum Gasteiger partial charge on any atom is 0.271 e. The Morgan fingerprint density at radius 1 is 1.32 bits per heavy atom. The van der Waals surface area contributed by atoms with Gasteiger partial charge in [-0.3, -0.25) is 4.79 Å². The van der Waals surface area contributed by atoms with Crippen molar-refractivity contribution >= 4 is 34.8 Å². The van der Waals surface area contributed by atoms with Gasteiger partial charge in [-0.25, -0.2) is 5.43 Å². The number of carbonyl (C=O) groups excluding carboxylic acids is 1. The Balaban J connectivity index is 1.65. The smallest absolute Gasteiger partial charge is 0.267 e. The Bertz CT molecular complexity index is 595. The molecule has 1 fully saturated rings. The van der Waals surface area contributed by atoms with Crippen LogP contribution in [0.25, 0.3) is 0 Å². The topological polar surface area (TPSA) is 41.5 Å². The van der Waals surface area contributed by atoms with Crippen molar-refractivity contribution in [1.82, 2.24) is 5.43 Å². The number of allylic oxidation sites excluding steroid dienone is 2. The van der Waals surface area contributed by atoms with Crippen molar-refractivity contribution < 1.29 is 4.79 Å². The lowest BCUT2D eigenvalue weighted by atomic mass is 9.74. The second-order valence-corrected chi connectivity index (χ2v) is 5.63. The molecule has 2 aliphatic carbocycles. The second kappa shape index (κ2) is 4.99. The highest BCUT2D eigenvalue weighted by Crippen LogP contribution is 2.40. The third-order valence-corrected chi connectivity index (χ3v) is 4.38. The molecule has 19 heavy (non-hydrogen) atoms. The van der Waals surface area contributed by atoms with E-state index in [2.05, 4.69) is 22.7 Å². The maximum absolute atomic E-state index is 11.9. The van der Waals surface area contributed by atoms with Crippen LogP contribution in [0.2, 0.25) is 10.0 Å². The predicted octanol–water partition coefficient (Wildman–Crippen LogP) is 3.68. The average molecular weight is 295 g/mol. The van der Waals surface area contributed by atoms with Crippen LogP contribution in [0.15, 0.2) is 35.5 Å². The molecule has 98 valence electrons. The first-order valence-electron chi connectivity index (χ1n) is 6.13. The van der Waals surface area contributed by atoms with Gasteiger partial charge in [0.05, 0.1) is 10.0 Å². The van der Waals surface area contributed by atoms with Gasteiger partial charge in [0.1, 0.15) is 0 Å². The van der Waals surface area contributed by atoms with E-state index in [0.29, 0.717) is 27.4 Å². The minimum Gasteiger partial charge on any atom is -0.267 e. The van der Waals surface area contributed by atoms with Gasteiger partial charge >= 0.3 is 0 Å². The molecule has 0 unspecified atom stereocenters. The van der Waals surface area contributed by atoms with Crippen LogP contribution < -0.4 is 5.43 Å². The Kier molecular flexibility index (Phi) is 3.33. The number of amides is 1. The summed E-state index contributed by atoms with van der Waals surface area (Å²) < 4.78 is 0. The largest absolute Gasteiger partial charge is 0.271 e. The number of fused-ring (bicyclic) bond motifs is 1. The van der Waals surface area contributed by atoms with Gasteiger partial charge in [-0.1, -0.05) is 35.4 Å². The fourth-order valence-corrected chi connectivity index (χ4v) is 2.79. The molecular weight excluding hydrogens is 283 g/mol. The normalized spacial score (nSPS) is 26.1. The molecule has 1 aromatic rings. The van der Waals surface area contributed by atoms with Crippen LogP contribution in [-0.2, 0) is 0 Å². The highest BCUT2D eigenvalue weighted by atomic mass is 35.5. The second-order valence-electron chi connectivity index (χ2n) is 4.81. The summed E-state index contributed by atoms with van der Waals surface area (Å²) in [5, 5.41) is 5.00. The molecular formula is C14H12Cl2N2O. The van der Waals surface area contributed by atoms with E-state index in [1.807, 2.05) is 0 Å². The zero-order valence-corrected chi connectivity index (χ0v) is 11.6. The first-order chi connectivity index (χ1) is 9.15. The number of hydrazone groups is 1. The molecule has 5 heteroatoms. The molecule has 1 saturated carbocycles. The van der Waals surface area contributed by atoms with Gasteiger partial charge in [0.15, 0.2) is 0 Å². The molecule has 0 saturated heterocycles. The van der Waals surface area contributed by atoms with E-state index in [1.165, 1.54) is 0 Å². The average Bonchev–Trinajstić information content (AvgIpc) is 2.74. The Labute approximate surface area is 121 Å². The highest BCUT2D eigenvalue weighted by Gasteiger charge is 2.37. The van der Waals surface area contributed by atoms with Gasteiger partial charge in [0.2, 0.25) is 0 Å². The standard InChI is InChI=1S/C14H12Cl2N2O/c15-11-5-4-9(6-12(11)16)14(19)18-17-13-7-8-2-1-3-10(8)13/h1-2,4-6,8,10H,3,7H2,(H,18,19)/b17-13+/t8-,10-/m0/s1. The Morgan fingerprint density at radius 2 is 2.16 bits per heavy atom. The summed E-state index contributed by atoms with van der Waals surface area (Å²) in [7, 11) is 0. The van der Waals surface area contributed by atoms with E-state index >= 15 is 0 Å². The van der Waals surface area contributed by atoms with Gasteiger partial charge in [-0.15, -0.1) is 0 Å². The summed E-state index contributed by atoms with van der Waals surface area (Å²) in [4.78, 5) is 11.9. The summed E-state index contributed by atoms with van der Waals surface area (Å²) in [5.41, 5.74) is 4.11. The van der Waals surface area contributed by atoms with E-state index in [9.17, 15) is 4.79 Å². The summed E-state index contributed by atoms with van der Waals surface area (Å²) in [5.74, 6) is 0.857. The van der Waals surface area contributed by atoms with E-state index in [0.717, 1.165) is 18.6 Å². The van der Waals surface area contributed by atoms with Crippen molar-refractivity contribution in [3.05, 3.63) is 46.0 Å². The lowest BCUT2D eigenvalue weighted by Crippen LogP contribution is -2.35. The third-order valence-electron chi connectivity index (χ3n) is 3.65. The molecule has 0 aromatic heterocycles. The van der Waals surface area contributed by atoms with Gasteiger partial charge in [-0.2, -0.15) is 5.10 Å². The summed E-state index contributed by atoms with van der Waals surface area (Å²) in [6.07, 6.45) is 6.39. The van der Waals surface area contributed by atoms with E-state index in [-0.39, 0.29) is 5.91 Å². The first-order valence-corrected chi connectivity index (χ1v) is 6.89. The molecule has 1 amide bonds. The van der Waals surface area contributed by atoms with Crippen molar-refractivity contribution in [1.29, 1.82) is 0 Å². The van der Waals surface area contributed by atoms with Crippen LogP contribution in [0.4, 0.5) is 0 Å².